The molecule has 4 aliphatic carbocycles. The van der Waals surface area contributed by atoms with Gasteiger partial charge in [-0.2, -0.15) is 0 Å². The first-order chi connectivity index (χ1) is 14.3. The summed E-state index contributed by atoms with van der Waals surface area (Å²) in [6, 6.07) is 0. The van der Waals surface area contributed by atoms with Gasteiger partial charge in [-0.1, -0.05) is 41.4 Å². The number of halogens is 1. The predicted molar refractivity (Wildman–Crippen MR) is 119 cm³/mol. The van der Waals surface area contributed by atoms with Gasteiger partial charge in [-0.3, -0.25) is 4.79 Å². The molecule has 5 heteroatoms. The highest BCUT2D eigenvalue weighted by Crippen LogP contribution is 2.68. The molecule has 0 amide bonds. The number of ether oxygens (including phenoxy) is 3. The first kappa shape index (κ1) is 21.5. The lowest BCUT2D eigenvalue weighted by molar-refractivity contribution is -0.210. The highest BCUT2D eigenvalue weighted by atomic mass is 79.9. The number of esters is 1. The Bertz CT molecular complexity index is 729. The maximum atomic E-state index is 11.5. The summed E-state index contributed by atoms with van der Waals surface area (Å²) in [5, 5.41) is 0.778. The van der Waals surface area contributed by atoms with Crippen molar-refractivity contribution in [2.75, 3.05) is 18.5 Å². The molecule has 0 radical (unpaired) electrons. The zero-order valence-electron chi connectivity index (χ0n) is 18.8. The Morgan fingerprint density at radius 1 is 1.13 bits per heavy atom. The molecule has 168 valence electrons. The number of carbonyl (C=O) groups is 1. The minimum atomic E-state index is -0.419. The van der Waals surface area contributed by atoms with Crippen LogP contribution < -0.4 is 0 Å². The molecule has 7 atom stereocenters. The van der Waals surface area contributed by atoms with Gasteiger partial charge in [0.1, 0.15) is 6.10 Å². The number of alkyl halides is 1. The fourth-order valence-electron chi connectivity index (χ4n) is 8.53. The van der Waals surface area contributed by atoms with E-state index in [0.717, 1.165) is 55.6 Å². The highest BCUT2D eigenvalue weighted by Gasteiger charge is 2.63. The molecule has 4 fully saturated rings. The lowest BCUT2D eigenvalue weighted by atomic mass is 9.47. The van der Waals surface area contributed by atoms with Crippen molar-refractivity contribution in [2.24, 2.45) is 34.5 Å². The van der Waals surface area contributed by atoms with Gasteiger partial charge in [0.25, 0.3) is 0 Å². The summed E-state index contributed by atoms with van der Waals surface area (Å²) in [5.74, 6) is 2.21. The van der Waals surface area contributed by atoms with Gasteiger partial charge in [-0.05, 0) is 73.5 Å². The van der Waals surface area contributed by atoms with Crippen molar-refractivity contribution in [3.05, 3.63) is 11.6 Å². The van der Waals surface area contributed by atoms with Crippen LogP contribution in [0.5, 0.6) is 0 Å². The molecule has 1 aliphatic heterocycles. The normalized spacial score (nSPS) is 47.1. The summed E-state index contributed by atoms with van der Waals surface area (Å²) in [6.07, 6.45) is 12.0. The molecule has 0 aromatic carbocycles. The van der Waals surface area contributed by atoms with Crippen molar-refractivity contribution >= 4 is 21.9 Å². The van der Waals surface area contributed by atoms with Crippen LogP contribution in [0.1, 0.15) is 72.1 Å². The number of fused-ring (bicyclic) bond motifs is 5. The quantitative estimate of drug-likeness (QED) is 0.298. The molecule has 0 aromatic rings. The summed E-state index contributed by atoms with van der Waals surface area (Å²) in [6.45, 7) is 8.04. The lowest BCUT2D eigenvalue weighted by Crippen LogP contribution is -2.54. The van der Waals surface area contributed by atoms with Gasteiger partial charge in [0.05, 0.1) is 18.5 Å². The first-order valence-corrected chi connectivity index (χ1v) is 13.2. The third-order valence-corrected chi connectivity index (χ3v) is 10.7. The highest BCUT2D eigenvalue weighted by molar-refractivity contribution is 9.09. The second kappa shape index (κ2) is 7.59. The van der Waals surface area contributed by atoms with E-state index in [9.17, 15) is 4.79 Å². The smallest absolute Gasteiger partial charge is 0.302 e. The van der Waals surface area contributed by atoms with Crippen molar-refractivity contribution in [1.82, 2.24) is 0 Å². The molecule has 1 saturated heterocycles. The van der Waals surface area contributed by atoms with Gasteiger partial charge >= 0.3 is 5.97 Å². The molecule has 1 heterocycles. The van der Waals surface area contributed by atoms with Crippen LogP contribution in [0.4, 0.5) is 0 Å². The van der Waals surface area contributed by atoms with Gasteiger partial charge in [0.2, 0.25) is 0 Å². The molecule has 4 nitrogen and oxygen atoms in total. The zero-order valence-corrected chi connectivity index (χ0v) is 20.3. The summed E-state index contributed by atoms with van der Waals surface area (Å²) in [5.41, 5.74) is 2.15. The third-order valence-electron chi connectivity index (χ3n) is 9.88. The Balaban J connectivity index is 1.39. The zero-order chi connectivity index (χ0) is 21.1. The maximum Gasteiger partial charge on any atom is 0.302 e. The van der Waals surface area contributed by atoms with Crippen LogP contribution in [-0.2, 0) is 19.0 Å². The average Bonchev–Trinajstić information content (AvgIpc) is 3.32. The second-order valence-corrected chi connectivity index (χ2v) is 11.6. The molecule has 0 spiro atoms. The summed E-state index contributed by atoms with van der Waals surface area (Å²) in [4.78, 5) is 11.5. The Kier molecular flexibility index (Phi) is 5.43. The summed E-state index contributed by atoms with van der Waals surface area (Å²) < 4.78 is 18.1. The summed E-state index contributed by atoms with van der Waals surface area (Å²) in [7, 11) is 0. The summed E-state index contributed by atoms with van der Waals surface area (Å²) >= 11 is 3.73. The van der Waals surface area contributed by atoms with E-state index in [1.165, 1.54) is 39.0 Å². The van der Waals surface area contributed by atoms with E-state index in [0.29, 0.717) is 11.3 Å². The Morgan fingerprint density at radius 3 is 2.60 bits per heavy atom. The van der Waals surface area contributed by atoms with Gasteiger partial charge in [-0.15, -0.1) is 0 Å². The standard InChI is InChI=1S/C25H37BrO4/c1-16(27)30-18-8-10-23(2)17(14-18)4-5-19-20-6-7-22(24(20,3)11-9-21(19)23)25(15-26)28-12-13-29-25/h4,18-22H,5-15H2,1-3H3. The number of hydrogen-bond acceptors (Lipinski definition) is 4. The van der Waals surface area contributed by atoms with E-state index in [2.05, 4.69) is 35.9 Å². The Labute approximate surface area is 189 Å². The molecular formula is C25H37BrO4. The van der Waals surface area contributed by atoms with Crippen molar-refractivity contribution in [3.8, 4) is 0 Å². The molecule has 3 saturated carbocycles. The molecule has 30 heavy (non-hydrogen) atoms. The topological polar surface area (TPSA) is 44.8 Å². The van der Waals surface area contributed by atoms with E-state index in [-0.39, 0.29) is 17.5 Å². The minimum Gasteiger partial charge on any atom is -0.462 e. The average molecular weight is 481 g/mol. The SMILES string of the molecule is CC(=O)OC1CCC2(C)C(=CCC3C2CCC2(C)C3CCC2C2(CBr)OCCO2)C1. The van der Waals surface area contributed by atoms with E-state index in [4.69, 9.17) is 14.2 Å². The van der Waals surface area contributed by atoms with Crippen LogP contribution >= 0.6 is 15.9 Å². The van der Waals surface area contributed by atoms with E-state index >= 15 is 0 Å². The fourth-order valence-corrected chi connectivity index (χ4v) is 9.24. The Hall–Kier alpha value is -0.390. The lowest BCUT2D eigenvalue weighted by Gasteiger charge is -2.59. The van der Waals surface area contributed by atoms with Crippen LogP contribution in [-0.4, -0.2) is 36.4 Å². The van der Waals surface area contributed by atoms with E-state index < -0.39 is 5.79 Å². The second-order valence-electron chi connectivity index (χ2n) is 11.1. The first-order valence-electron chi connectivity index (χ1n) is 12.0. The fraction of sp³-hybridized carbons (Fsp3) is 0.880. The molecule has 5 aliphatic rings. The molecule has 7 unspecified atom stereocenters. The monoisotopic (exact) mass is 480 g/mol. The Morgan fingerprint density at radius 2 is 1.90 bits per heavy atom. The van der Waals surface area contributed by atoms with Crippen LogP contribution in [0.25, 0.3) is 0 Å². The predicted octanol–water partition coefficient (Wildman–Crippen LogP) is 5.64. The molecular weight excluding hydrogens is 444 g/mol. The van der Waals surface area contributed by atoms with Crippen LogP contribution in [0, 0.1) is 34.5 Å². The maximum absolute atomic E-state index is 11.5. The third kappa shape index (κ3) is 3.08. The number of hydrogen-bond donors (Lipinski definition) is 0. The van der Waals surface area contributed by atoms with Crippen molar-refractivity contribution in [2.45, 2.75) is 84.0 Å². The van der Waals surface area contributed by atoms with Gasteiger partial charge in [0, 0.05) is 19.3 Å². The van der Waals surface area contributed by atoms with Crippen molar-refractivity contribution in [1.29, 1.82) is 0 Å². The van der Waals surface area contributed by atoms with Crippen molar-refractivity contribution in [3.63, 3.8) is 0 Å². The largest absolute Gasteiger partial charge is 0.462 e. The number of allylic oxidation sites excluding steroid dienone is 1. The van der Waals surface area contributed by atoms with Crippen LogP contribution in [0.15, 0.2) is 11.6 Å². The molecule has 0 aromatic heterocycles. The van der Waals surface area contributed by atoms with Crippen molar-refractivity contribution < 1.29 is 19.0 Å². The number of carbonyl (C=O) groups excluding carboxylic acids is 1. The van der Waals surface area contributed by atoms with Crippen LogP contribution in [0.2, 0.25) is 0 Å². The molecule has 5 rings (SSSR count). The van der Waals surface area contributed by atoms with Crippen LogP contribution in [0.3, 0.4) is 0 Å². The molecule has 0 N–H and O–H groups in total. The minimum absolute atomic E-state index is 0.0820. The molecule has 0 bridgehead atoms. The van der Waals surface area contributed by atoms with E-state index in [1.54, 1.807) is 5.57 Å². The van der Waals surface area contributed by atoms with E-state index in [1.807, 2.05) is 0 Å². The van der Waals surface area contributed by atoms with Gasteiger partial charge in [-0.25, -0.2) is 0 Å². The van der Waals surface area contributed by atoms with Gasteiger partial charge < -0.3 is 14.2 Å². The van der Waals surface area contributed by atoms with Gasteiger partial charge in [0.15, 0.2) is 5.79 Å². The number of rotatable bonds is 3.